The molecule has 21 heavy (non-hydrogen) atoms. The van der Waals surface area contributed by atoms with Crippen LogP contribution in [0.2, 0.25) is 0 Å². The minimum atomic E-state index is -0.636. The molecule has 1 fully saturated rings. The number of β-amino-alcohol motifs (C(OH)–C–C–N with tert-alkyl or cyclic N) is 1. The summed E-state index contributed by atoms with van der Waals surface area (Å²) in [5, 5.41) is 21.5. The molecule has 3 rings (SSSR count). The van der Waals surface area contributed by atoms with Gasteiger partial charge in [-0.15, -0.1) is 0 Å². The Morgan fingerprint density at radius 1 is 1.48 bits per heavy atom. The number of nitrogens with zero attached hydrogens (tertiary/aromatic N) is 4. The first-order valence-electron chi connectivity index (χ1n) is 7.07. The highest BCUT2D eigenvalue weighted by Crippen LogP contribution is 2.29. The van der Waals surface area contributed by atoms with E-state index < -0.39 is 10.5 Å². The van der Waals surface area contributed by atoms with E-state index in [4.69, 9.17) is 0 Å². The molecule has 2 aromatic heterocycles. The second-order valence-corrected chi connectivity index (χ2v) is 5.69. The van der Waals surface area contributed by atoms with Crippen molar-refractivity contribution in [2.75, 3.05) is 13.1 Å². The molecule has 112 valence electrons. The molecular formula is C14H18N4O3. The molecule has 0 saturated carbocycles. The molecule has 0 radical (unpaired) electrons. The zero-order chi connectivity index (χ0) is 15.0. The van der Waals surface area contributed by atoms with Crippen LogP contribution < -0.4 is 0 Å². The number of pyridine rings is 1. The highest BCUT2D eigenvalue weighted by Gasteiger charge is 2.41. The summed E-state index contributed by atoms with van der Waals surface area (Å²) in [7, 11) is 0. The zero-order valence-corrected chi connectivity index (χ0v) is 11.9. The number of hydrogen-bond acceptors (Lipinski definition) is 5. The predicted octanol–water partition coefficient (Wildman–Crippen LogP) is 1.59. The average molecular weight is 290 g/mol. The fraction of sp³-hybridized carbons (Fsp3) is 0.500. The summed E-state index contributed by atoms with van der Waals surface area (Å²) in [6, 6.07) is 5.30. The first-order valence-corrected chi connectivity index (χ1v) is 7.07. The van der Waals surface area contributed by atoms with Gasteiger partial charge in [-0.25, -0.2) is 4.98 Å². The molecule has 7 nitrogen and oxygen atoms in total. The third-order valence-corrected chi connectivity index (χ3v) is 3.87. The van der Waals surface area contributed by atoms with E-state index in [-0.39, 0.29) is 5.82 Å². The lowest BCUT2D eigenvalue weighted by Crippen LogP contribution is -2.61. The number of nitro groups is 1. The van der Waals surface area contributed by atoms with Crippen molar-refractivity contribution in [3.05, 3.63) is 40.2 Å². The summed E-state index contributed by atoms with van der Waals surface area (Å²) in [4.78, 5) is 17.2. The van der Waals surface area contributed by atoms with Gasteiger partial charge >= 0.3 is 5.82 Å². The first kappa shape index (κ1) is 14.0. The largest absolute Gasteiger partial charge is 0.387 e. The van der Waals surface area contributed by atoms with Crippen LogP contribution >= 0.6 is 0 Å². The summed E-state index contributed by atoms with van der Waals surface area (Å²) in [6.45, 7) is 3.52. The quantitative estimate of drug-likeness (QED) is 0.667. The van der Waals surface area contributed by atoms with E-state index >= 15 is 0 Å². The molecule has 0 aromatic carbocycles. The minimum absolute atomic E-state index is 0.0107. The second kappa shape index (κ2) is 5.09. The van der Waals surface area contributed by atoms with E-state index in [1.54, 1.807) is 24.4 Å². The monoisotopic (exact) mass is 290 g/mol. The Kier molecular flexibility index (Phi) is 3.38. The molecule has 0 unspecified atom stereocenters. The summed E-state index contributed by atoms with van der Waals surface area (Å²) in [5.74, 6) is 0.0107. The number of imidazole rings is 1. The van der Waals surface area contributed by atoms with Gasteiger partial charge in [-0.05, 0) is 17.4 Å². The van der Waals surface area contributed by atoms with Gasteiger partial charge in [0.15, 0.2) is 5.69 Å². The smallest absolute Gasteiger partial charge is 0.352 e. The third kappa shape index (κ3) is 2.50. The van der Waals surface area contributed by atoms with Crippen LogP contribution in [-0.2, 0) is 6.54 Å². The predicted molar refractivity (Wildman–Crippen MR) is 77.0 cm³/mol. The number of fused-ring (bicyclic) bond motifs is 1. The molecule has 0 spiro atoms. The van der Waals surface area contributed by atoms with Gasteiger partial charge in [-0.3, -0.25) is 4.90 Å². The molecule has 1 N–H and O–H groups in total. The Morgan fingerprint density at radius 2 is 2.24 bits per heavy atom. The Balaban J connectivity index is 1.82. The Morgan fingerprint density at radius 3 is 2.90 bits per heavy atom. The van der Waals surface area contributed by atoms with E-state index in [0.29, 0.717) is 31.0 Å². The lowest BCUT2D eigenvalue weighted by atomic mass is 9.89. The van der Waals surface area contributed by atoms with Crippen molar-refractivity contribution in [1.29, 1.82) is 0 Å². The average Bonchev–Trinajstić information content (AvgIpc) is 2.75. The molecule has 2 aromatic rings. The van der Waals surface area contributed by atoms with Gasteiger partial charge in [0.1, 0.15) is 0 Å². The van der Waals surface area contributed by atoms with Crippen molar-refractivity contribution in [3.63, 3.8) is 0 Å². The topological polar surface area (TPSA) is 83.9 Å². The lowest BCUT2D eigenvalue weighted by molar-refractivity contribution is -0.391. The van der Waals surface area contributed by atoms with Crippen molar-refractivity contribution in [3.8, 4) is 0 Å². The van der Waals surface area contributed by atoms with Crippen LogP contribution in [0.5, 0.6) is 0 Å². The van der Waals surface area contributed by atoms with Crippen molar-refractivity contribution in [2.45, 2.75) is 31.9 Å². The zero-order valence-electron chi connectivity index (χ0n) is 11.9. The summed E-state index contributed by atoms with van der Waals surface area (Å²) >= 11 is 0. The Labute approximate surface area is 122 Å². The SMILES string of the molecule is CCCC1(O)CN(Cc2nc3ccccn3c2[N+](=O)[O-])C1. The highest BCUT2D eigenvalue weighted by molar-refractivity contribution is 5.49. The van der Waals surface area contributed by atoms with Crippen molar-refractivity contribution >= 4 is 11.5 Å². The number of likely N-dealkylation sites (tertiary alicyclic amines) is 1. The van der Waals surface area contributed by atoms with Gasteiger partial charge in [0.2, 0.25) is 5.65 Å². The normalized spacial score (nSPS) is 17.8. The fourth-order valence-electron chi connectivity index (χ4n) is 3.06. The van der Waals surface area contributed by atoms with Gasteiger partial charge in [-0.1, -0.05) is 19.4 Å². The Bertz CT molecular complexity index is 676. The maximum absolute atomic E-state index is 11.3. The number of rotatable bonds is 5. The van der Waals surface area contributed by atoms with Crippen molar-refractivity contribution in [1.82, 2.24) is 14.3 Å². The molecule has 0 atom stereocenters. The van der Waals surface area contributed by atoms with Crippen LogP contribution in [0.15, 0.2) is 24.4 Å². The maximum Gasteiger partial charge on any atom is 0.352 e. The molecule has 3 heterocycles. The van der Waals surface area contributed by atoms with E-state index in [0.717, 1.165) is 12.8 Å². The fourth-order valence-corrected chi connectivity index (χ4v) is 3.06. The van der Waals surface area contributed by atoms with Crippen LogP contribution in [0.4, 0.5) is 5.82 Å². The second-order valence-electron chi connectivity index (χ2n) is 5.69. The standard InChI is InChI=1S/C14H18N4O3/c1-2-6-14(19)9-16(10-14)8-11-13(18(20)21)17-7-4-3-5-12(17)15-11/h3-5,7,19H,2,6,8-10H2,1H3. The molecule has 0 aliphatic carbocycles. The van der Waals surface area contributed by atoms with Crippen LogP contribution in [0, 0.1) is 10.1 Å². The summed E-state index contributed by atoms with van der Waals surface area (Å²) in [5.41, 5.74) is 0.385. The van der Waals surface area contributed by atoms with E-state index in [2.05, 4.69) is 4.98 Å². The molecule has 7 heteroatoms. The van der Waals surface area contributed by atoms with Gasteiger partial charge in [0, 0.05) is 25.7 Å². The number of aliphatic hydroxyl groups is 1. The van der Waals surface area contributed by atoms with Crippen LogP contribution in [-0.4, -0.2) is 43.0 Å². The molecule has 0 bridgehead atoms. The number of hydrogen-bond donors (Lipinski definition) is 1. The summed E-state index contributed by atoms with van der Waals surface area (Å²) < 4.78 is 1.49. The Hall–Kier alpha value is -1.99. The molecule has 1 aliphatic rings. The lowest BCUT2D eigenvalue weighted by Gasteiger charge is -2.46. The van der Waals surface area contributed by atoms with Crippen LogP contribution in [0.1, 0.15) is 25.5 Å². The van der Waals surface area contributed by atoms with Gasteiger partial charge in [0.25, 0.3) is 0 Å². The molecule has 1 saturated heterocycles. The summed E-state index contributed by atoms with van der Waals surface area (Å²) in [6.07, 6.45) is 3.34. The van der Waals surface area contributed by atoms with Gasteiger partial charge in [-0.2, -0.15) is 4.40 Å². The van der Waals surface area contributed by atoms with Crippen LogP contribution in [0.25, 0.3) is 5.65 Å². The van der Waals surface area contributed by atoms with Gasteiger partial charge in [0.05, 0.1) is 11.8 Å². The highest BCUT2D eigenvalue weighted by atomic mass is 16.6. The van der Waals surface area contributed by atoms with Crippen LogP contribution in [0.3, 0.4) is 0 Å². The molecule has 0 amide bonds. The molecular weight excluding hydrogens is 272 g/mol. The van der Waals surface area contributed by atoms with E-state index in [1.807, 2.05) is 11.8 Å². The first-order chi connectivity index (χ1) is 10.0. The van der Waals surface area contributed by atoms with E-state index in [1.165, 1.54) is 4.40 Å². The van der Waals surface area contributed by atoms with E-state index in [9.17, 15) is 15.2 Å². The third-order valence-electron chi connectivity index (χ3n) is 3.87. The number of aromatic nitrogens is 2. The maximum atomic E-state index is 11.3. The minimum Gasteiger partial charge on any atom is -0.387 e. The van der Waals surface area contributed by atoms with Crippen molar-refractivity contribution < 1.29 is 10.0 Å². The van der Waals surface area contributed by atoms with Gasteiger partial charge < -0.3 is 15.2 Å². The van der Waals surface area contributed by atoms with Crippen molar-refractivity contribution in [2.24, 2.45) is 0 Å². The molecule has 1 aliphatic heterocycles.